The molecule has 170 valence electrons. The fourth-order valence-electron chi connectivity index (χ4n) is 10.3. The highest BCUT2D eigenvalue weighted by Gasteiger charge is 2.66. The highest BCUT2D eigenvalue weighted by atomic mass is 16.3. The second kappa shape index (κ2) is 6.39. The van der Waals surface area contributed by atoms with Gasteiger partial charge >= 0.3 is 0 Å². The van der Waals surface area contributed by atoms with Crippen LogP contribution in [0.5, 0.6) is 0 Å². The van der Waals surface area contributed by atoms with Crippen LogP contribution >= 0.6 is 0 Å². The number of aliphatic hydroxyl groups is 1. The molecule has 0 aromatic rings. The van der Waals surface area contributed by atoms with Gasteiger partial charge in [-0.15, -0.1) is 0 Å². The predicted molar refractivity (Wildman–Crippen MR) is 126 cm³/mol. The van der Waals surface area contributed by atoms with Gasteiger partial charge in [0.1, 0.15) is 0 Å². The summed E-state index contributed by atoms with van der Waals surface area (Å²) in [7, 11) is 0. The highest BCUT2D eigenvalue weighted by molar-refractivity contribution is 5.32. The Hall–Kier alpha value is -0.300. The molecule has 0 aliphatic heterocycles. The van der Waals surface area contributed by atoms with Crippen molar-refractivity contribution < 1.29 is 5.11 Å². The minimum absolute atomic E-state index is 0.0598. The predicted octanol–water partition coefficient (Wildman–Crippen LogP) is 7.78. The number of fused-ring (bicyclic) bond motifs is 7. The summed E-state index contributed by atoms with van der Waals surface area (Å²) < 4.78 is 0. The second-order valence-corrected chi connectivity index (χ2v) is 14.5. The molecule has 1 nitrogen and oxygen atoms in total. The molecule has 1 heteroatoms. The standard InChI is InChI=1S/C29H48O/c1-25(2)14-10-19-11-16-28(6)21(20(19)18-25)8-9-23-27(5)15-13-24(30)26(3,4)22(27)12-17-29(23,28)7/h8,19-20,22-24,30H,9-18H2,1-7H3/t19-,20+,22-,23+,24-,27-,28+,29+/m0/s1. The van der Waals surface area contributed by atoms with E-state index in [1.807, 2.05) is 5.57 Å². The molecule has 8 atom stereocenters. The highest BCUT2D eigenvalue weighted by Crippen LogP contribution is 2.74. The topological polar surface area (TPSA) is 20.2 Å². The quantitative estimate of drug-likeness (QED) is 0.403. The molecule has 0 spiro atoms. The molecule has 1 N–H and O–H groups in total. The van der Waals surface area contributed by atoms with Gasteiger partial charge < -0.3 is 5.11 Å². The van der Waals surface area contributed by atoms with Crippen LogP contribution in [0, 0.1) is 50.7 Å². The fraction of sp³-hybridized carbons (Fsp3) is 0.931. The molecule has 0 heterocycles. The smallest absolute Gasteiger partial charge is 0.0594 e. The minimum atomic E-state index is -0.120. The van der Waals surface area contributed by atoms with Gasteiger partial charge in [0.2, 0.25) is 0 Å². The first kappa shape index (κ1) is 21.5. The van der Waals surface area contributed by atoms with E-state index in [0.717, 1.165) is 24.2 Å². The van der Waals surface area contributed by atoms with E-state index in [1.165, 1.54) is 57.8 Å². The molecule has 0 bridgehead atoms. The lowest BCUT2D eigenvalue weighted by Crippen LogP contribution is -2.63. The second-order valence-electron chi connectivity index (χ2n) is 14.5. The van der Waals surface area contributed by atoms with Crippen molar-refractivity contribution in [2.45, 2.75) is 119 Å². The summed E-state index contributed by atoms with van der Waals surface area (Å²) in [5.74, 6) is 3.24. The van der Waals surface area contributed by atoms with Gasteiger partial charge in [-0.1, -0.05) is 60.1 Å². The minimum Gasteiger partial charge on any atom is -0.393 e. The van der Waals surface area contributed by atoms with Gasteiger partial charge in [-0.3, -0.25) is 0 Å². The average Bonchev–Trinajstić information content (AvgIpc) is 2.65. The molecule has 4 saturated carbocycles. The Balaban J connectivity index is 1.55. The molecular weight excluding hydrogens is 364 g/mol. The molecule has 0 aromatic carbocycles. The Bertz CT molecular complexity index is 745. The lowest BCUT2D eigenvalue weighted by molar-refractivity contribution is -0.200. The first-order valence-electron chi connectivity index (χ1n) is 13.2. The Morgan fingerprint density at radius 1 is 0.800 bits per heavy atom. The van der Waals surface area contributed by atoms with E-state index in [0.29, 0.717) is 27.6 Å². The molecule has 30 heavy (non-hydrogen) atoms. The van der Waals surface area contributed by atoms with Crippen molar-refractivity contribution in [3.05, 3.63) is 11.6 Å². The van der Waals surface area contributed by atoms with E-state index in [1.54, 1.807) is 0 Å². The zero-order valence-electron chi connectivity index (χ0n) is 21.0. The third-order valence-corrected chi connectivity index (χ3v) is 12.4. The van der Waals surface area contributed by atoms with Crippen LogP contribution in [0.3, 0.4) is 0 Å². The van der Waals surface area contributed by atoms with Crippen LogP contribution in [0.25, 0.3) is 0 Å². The lowest BCUT2D eigenvalue weighted by atomic mass is 9.34. The summed E-state index contributed by atoms with van der Waals surface area (Å²) in [6.45, 7) is 17.8. The van der Waals surface area contributed by atoms with E-state index in [-0.39, 0.29) is 11.5 Å². The van der Waals surface area contributed by atoms with Crippen LogP contribution in [0.2, 0.25) is 0 Å². The number of aliphatic hydroxyl groups excluding tert-OH is 1. The Kier molecular flexibility index (Phi) is 4.59. The van der Waals surface area contributed by atoms with Crippen LogP contribution in [0.1, 0.15) is 113 Å². The summed E-state index contributed by atoms with van der Waals surface area (Å²) in [5, 5.41) is 10.9. The summed E-state index contributed by atoms with van der Waals surface area (Å²) in [6.07, 6.45) is 16.0. The molecule has 5 aliphatic rings. The third kappa shape index (κ3) is 2.63. The van der Waals surface area contributed by atoms with Crippen molar-refractivity contribution in [2.24, 2.45) is 50.7 Å². The molecule has 0 saturated heterocycles. The zero-order chi connectivity index (χ0) is 21.7. The molecule has 4 fully saturated rings. The van der Waals surface area contributed by atoms with E-state index in [4.69, 9.17) is 0 Å². The third-order valence-electron chi connectivity index (χ3n) is 12.4. The van der Waals surface area contributed by atoms with Crippen LogP contribution in [-0.2, 0) is 0 Å². The van der Waals surface area contributed by atoms with Gasteiger partial charge in [-0.25, -0.2) is 0 Å². The van der Waals surface area contributed by atoms with E-state index in [2.05, 4.69) is 54.5 Å². The van der Waals surface area contributed by atoms with Crippen LogP contribution in [-0.4, -0.2) is 11.2 Å². The van der Waals surface area contributed by atoms with E-state index < -0.39 is 0 Å². The maximum Gasteiger partial charge on any atom is 0.0594 e. The van der Waals surface area contributed by atoms with Crippen molar-refractivity contribution >= 4 is 0 Å². The van der Waals surface area contributed by atoms with Gasteiger partial charge in [0.25, 0.3) is 0 Å². The van der Waals surface area contributed by atoms with Crippen molar-refractivity contribution in [1.82, 2.24) is 0 Å². The molecule has 0 amide bonds. The molecule has 0 unspecified atom stereocenters. The SMILES string of the molecule is CC1(C)CC[C@H]2CC[C@]3(C)C(=CC[C@@H]4[C@@]5(C)CC[C@H](O)C(C)(C)[C@@H]5CC[C@]43C)[C@@H]2C1. The monoisotopic (exact) mass is 412 g/mol. The summed E-state index contributed by atoms with van der Waals surface area (Å²) in [4.78, 5) is 0. The Morgan fingerprint density at radius 3 is 2.23 bits per heavy atom. The molecular formula is C29H48O. The largest absolute Gasteiger partial charge is 0.393 e. The van der Waals surface area contributed by atoms with E-state index >= 15 is 0 Å². The van der Waals surface area contributed by atoms with Gasteiger partial charge in [-0.05, 0) is 115 Å². The Labute approximate surface area is 186 Å². The van der Waals surface area contributed by atoms with Crippen LogP contribution in [0.15, 0.2) is 11.6 Å². The van der Waals surface area contributed by atoms with Gasteiger partial charge in [0.05, 0.1) is 6.10 Å². The number of hydrogen-bond donors (Lipinski definition) is 1. The maximum absolute atomic E-state index is 10.9. The van der Waals surface area contributed by atoms with Crippen molar-refractivity contribution in [1.29, 1.82) is 0 Å². The van der Waals surface area contributed by atoms with Crippen molar-refractivity contribution in [3.8, 4) is 0 Å². The number of rotatable bonds is 0. The van der Waals surface area contributed by atoms with Crippen molar-refractivity contribution in [2.75, 3.05) is 0 Å². The molecule has 5 aliphatic carbocycles. The van der Waals surface area contributed by atoms with Gasteiger partial charge in [-0.2, -0.15) is 0 Å². The van der Waals surface area contributed by atoms with Gasteiger partial charge in [0.15, 0.2) is 0 Å². The number of hydrogen-bond acceptors (Lipinski definition) is 1. The van der Waals surface area contributed by atoms with Crippen LogP contribution in [0.4, 0.5) is 0 Å². The summed E-state index contributed by atoms with van der Waals surface area (Å²) in [5.41, 5.74) is 3.66. The number of allylic oxidation sites excluding steroid dienone is 2. The average molecular weight is 413 g/mol. The molecule has 0 radical (unpaired) electrons. The molecule has 5 rings (SSSR count). The normalized spacial score (nSPS) is 54.1. The zero-order valence-corrected chi connectivity index (χ0v) is 21.0. The van der Waals surface area contributed by atoms with E-state index in [9.17, 15) is 5.11 Å². The van der Waals surface area contributed by atoms with Crippen molar-refractivity contribution in [3.63, 3.8) is 0 Å². The van der Waals surface area contributed by atoms with Crippen LogP contribution < -0.4 is 0 Å². The van der Waals surface area contributed by atoms with Gasteiger partial charge in [0, 0.05) is 0 Å². The fourth-order valence-corrected chi connectivity index (χ4v) is 10.3. The maximum atomic E-state index is 10.9. The first-order chi connectivity index (χ1) is 13.9. The Morgan fingerprint density at radius 2 is 1.50 bits per heavy atom. The lowest BCUT2D eigenvalue weighted by Gasteiger charge is -2.70. The summed E-state index contributed by atoms with van der Waals surface area (Å²) >= 11 is 0. The molecule has 0 aromatic heterocycles. The summed E-state index contributed by atoms with van der Waals surface area (Å²) in [6, 6.07) is 0. The first-order valence-corrected chi connectivity index (χ1v) is 13.2.